The van der Waals surface area contributed by atoms with Gasteiger partial charge in [-0.05, 0) is 30.4 Å². The molecule has 1 heterocycles. The molecule has 2 atom stereocenters. The van der Waals surface area contributed by atoms with E-state index in [2.05, 4.69) is 0 Å². The van der Waals surface area contributed by atoms with E-state index < -0.39 is 11.4 Å². The second-order valence-electron chi connectivity index (χ2n) is 4.16. The maximum absolute atomic E-state index is 11.0. The number of carboxylic acids is 1. The normalized spacial score (nSPS) is 43.5. The first-order chi connectivity index (χ1) is 6.17. The van der Waals surface area contributed by atoms with Crippen molar-refractivity contribution >= 4 is 17.7 Å². The summed E-state index contributed by atoms with van der Waals surface area (Å²) in [7, 11) is 0. The summed E-state index contributed by atoms with van der Waals surface area (Å²) in [4.78, 5) is 11.0. The van der Waals surface area contributed by atoms with Crippen molar-refractivity contribution in [1.29, 1.82) is 0 Å². The average Bonchev–Trinajstić information content (AvgIpc) is 2.76. The van der Waals surface area contributed by atoms with E-state index in [1.54, 1.807) is 0 Å². The van der Waals surface area contributed by atoms with Crippen LogP contribution in [0.5, 0.6) is 0 Å². The Hall–Kier alpha value is -0.220. The van der Waals surface area contributed by atoms with Crippen LogP contribution in [0.3, 0.4) is 0 Å². The van der Waals surface area contributed by atoms with Crippen molar-refractivity contribution in [2.75, 3.05) is 18.1 Å². The number of carboxylic acid groups (broad SMARTS) is 1. The first kappa shape index (κ1) is 9.34. The fourth-order valence-corrected chi connectivity index (χ4v) is 3.90. The summed E-state index contributed by atoms with van der Waals surface area (Å²) in [6.45, 7) is -0.192. The molecule has 0 amide bonds. The molecule has 1 aliphatic carbocycles. The molecule has 1 aliphatic heterocycles. The Morgan fingerprint density at radius 3 is 2.69 bits per heavy atom. The highest BCUT2D eigenvalue weighted by atomic mass is 32.2. The summed E-state index contributed by atoms with van der Waals surface area (Å²) in [5, 5.41) is 18.2. The third kappa shape index (κ3) is 1.12. The first-order valence-electron chi connectivity index (χ1n) is 4.59. The van der Waals surface area contributed by atoms with E-state index >= 15 is 0 Å². The molecule has 0 radical (unpaired) electrons. The highest BCUT2D eigenvalue weighted by Crippen LogP contribution is 2.68. The van der Waals surface area contributed by atoms with Gasteiger partial charge in [-0.3, -0.25) is 4.79 Å². The summed E-state index contributed by atoms with van der Waals surface area (Å²) in [5.74, 6) is 1.25. The molecule has 2 unspecified atom stereocenters. The Balaban J connectivity index is 2.15. The molecule has 1 saturated heterocycles. The molecule has 3 nitrogen and oxygen atoms in total. The van der Waals surface area contributed by atoms with E-state index in [0.717, 1.165) is 24.3 Å². The standard InChI is InChI=1S/C9H14O3S/c10-5-9(7(11)12)4-8(9)2-1-3-13-6-8/h10H,1-6H2,(H,11,12). The molecular weight excluding hydrogens is 188 g/mol. The molecule has 0 aromatic carbocycles. The van der Waals surface area contributed by atoms with Gasteiger partial charge in [0.1, 0.15) is 0 Å². The van der Waals surface area contributed by atoms with E-state index in [-0.39, 0.29) is 12.0 Å². The van der Waals surface area contributed by atoms with Gasteiger partial charge in [-0.25, -0.2) is 0 Å². The van der Waals surface area contributed by atoms with E-state index in [9.17, 15) is 4.79 Å². The van der Waals surface area contributed by atoms with Crippen molar-refractivity contribution in [3.8, 4) is 0 Å². The van der Waals surface area contributed by atoms with Crippen molar-refractivity contribution in [2.45, 2.75) is 19.3 Å². The fourth-order valence-electron chi connectivity index (χ4n) is 2.50. The van der Waals surface area contributed by atoms with E-state index in [1.807, 2.05) is 11.8 Å². The zero-order valence-electron chi connectivity index (χ0n) is 7.45. The van der Waals surface area contributed by atoms with Crippen LogP contribution in [-0.4, -0.2) is 34.3 Å². The van der Waals surface area contributed by atoms with Crippen LogP contribution < -0.4 is 0 Å². The van der Waals surface area contributed by atoms with Crippen LogP contribution in [-0.2, 0) is 4.79 Å². The lowest BCUT2D eigenvalue weighted by Crippen LogP contribution is -2.30. The zero-order valence-corrected chi connectivity index (χ0v) is 8.27. The molecule has 4 heteroatoms. The van der Waals surface area contributed by atoms with E-state index in [4.69, 9.17) is 10.2 Å². The van der Waals surface area contributed by atoms with Gasteiger partial charge >= 0.3 is 5.97 Å². The second-order valence-corrected chi connectivity index (χ2v) is 5.26. The third-order valence-corrected chi connectivity index (χ3v) is 4.87. The van der Waals surface area contributed by atoms with Gasteiger partial charge in [0.2, 0.25) is 0 Å². The Bertz CT molecular complexity index is 235. The number of hydrogen-bond donors (Lipinski definition) is 2. The monoisotopic (exact) mass is 202 g/mol. The van der Waals surface area contributed by atoms with Crippen molar-refractivity contribution in [3.05, 3.63) is 0 Å². The number of rotatable bonds is 2. The molecule has 2 N–H and O–H groups in total. The topological polar surface area (TPSA) is 57.5 Å². The third-order valence-electron chi connectivity index (χ3n) is 3.53. The lowest BCUT2D eigenvalue weighted by atomic mass is 9.90. The quantitative estimate of drug-likeness (QED) is 0.700. The molecule has 1 saturated carbocycles. The Morgan fingerprint density at radius 1 is 1.54 bits per heavy atom. The Morgan fingerprint density at radius 2 is 2.31 bits per heavy atom. The van der Waals surface area contributed by atoms with Crippen LogP contribution in [0.25, 0.3) is 0 Å². The molecule has 1 spiro atoms. The average molecular weight is 202 g/mol. The first-order valence-corrected chi connectivity index (χ1v) is 5.74. The molecule has 2 aliphatic rings. The predicted molar refractivity (Wildman–Crippen MR) is 50.8 cm³/mol. The van der Waals surface area contributed by atoms with Crippen molar-refractivity contribution in [2.24, 2.45) is 10.8 Å². The van der Waals surface area contributed by atoms with Gasteiger partial charge in [0.15, 0.2) is 0 Å². The van der Waals surface area contributed by atoms with Gasteiger partial charge in [-0.1, -0.05) is 0 Å². The summed E-state index contributed by atoms with van der Waals surface area (Å²) in [6.07, 6.45) is 2.76. The number of aliphatic carboxylic acids is 1. The molecular formula is C9H14O3S. The highest BCUT2D eigenvalue weighted by molar-refractivity contribution is 7.99. The van der Waals surface area contributed by atoms with Gasteiger partial charge in [0, 0.05) is 5.75 Å². The van der Waals surface area contributed by atoms with Crippen molar-refractivity contribution in [3.63, 3.8) is 0 Å². The van der Waals surface area contributed by atoms with Crippen molar-refractivity contribution in [1.82, 2.24) is 0 Å². The molecule has 2 fully saturated rings. The largest absolute Gasteiger partial charge is 0.481 e. The lowest BCUT2D eigenvalue weighted by molar-refractivity contribution is -0.146. The number of aliphatic hydroxyl groups excluding tert-OH is 1. The van der Waals surface area contributed by atoms with E-state index in [0.29, 0.717) is 6.42 Å². The SMILES string of the molecule is O=C(O)C1(CO)CC12CCCSC2. The molecule has 2 rings (SSSR count). The predicted octanol–water partition coefficient (Wildman–Crippen LogP) is 0.967. The van der Waals surface area contributed by atoms with Crippen LogP contribution in [0.15, 0.2) is 0 Å². The van der Waals surface area contributed by atoms with Crippen LogP contribution in [0.1, 0.15) is 19.3 Å². The Labute approximate surface area is 81.5 Å². The van der Waals surface area contributed by atoms with Gasteiger partial charge < -0.3 is 10.2 Å². The summed E-state index contributed by atoms with van der Waals surface area (Å²) in [6, 6.07) is 0. The summed E-state index contributed by atoms with van der Waals surface area (Å²) >= 11 is 1.82. The minimum Gasteiger partial charge on any atom is -0.481 e. The van der Waals surface area contributed by atoms with Crippen LogP contribution in [0.2, 0.25) is 0 Å². The fraction of sp³-hybridized carbons (Fsp3) is 0.889. The van der Waals surface area contributed by atoms with Crippen LogP contribution in [0.4, 0.5) is 0 Å². The van der Waals surface area contributed by atoms with Gasteiger partial charge in [0.05, 0.1) is 12.0 Å². The maximum atomic E-state index is 11.0. The lowest BCUT2D eigenvalue weighted by Gasteiger charge is -2.25. The Kier molecular flexibility index (Phi) is 2.07. The van der Waals surface area contributed by atoms with Crippen LogP contribution in [0, 0.1) is 10.8 Å². The molecule has 0 bridgehead atoms. The minimum absolute atomic E-state index is 0.0729. The maximum Gasteiger partial charge on any atom is 0.312 e. The van der Waals surface area contributed by atoms with Gasteiger partial charge in [-0.2, -0.15) is 11.8 Å². The molecule has 74 valence electrons. The summed E-state index contributed by atoms with van der Waals surface area (Å²) < 4.78 is 0. The zero-order chi connectivity index (χ0) is 9.53. The number of hydrogen-bond acceptors (Lipinski definition) is 3. The second kappa shape index (κ2) is 2.89. The van der Waals surface area contributed by atoms with Crippen molar-refractivity contribution < 1.29 is 15.0 Å². The summed E-state index contributed by atoms with van der Waals surface area (Å²) in [5.41, 5.74) is -0.864. The van der Waals surface area contributed by atoms with Gasteiger partial charge in [-0.15, -0.1) is 0 Å². The number of carbonyl (C=O) groups is 1. The molecule has 0 aromatic heterocycles. The molecule has 0 aromatic rings. The highest BCUT2D eigenvalue weighted by Gasteiger charge is 2.71. The molecule has 13 heavy (non-hydrogen) atoms. The minimum atomic E-state index is -0.808. The van der Waals surface area contributed by atoms with E-state index in [1.165, 1.54) is 0 Å². The number of thioether (sulfide) groups is 1. The van der Waals surface area contributed by atoms with Gasteiger partial charge in [0.25, 0.3) is 0 Å². The van der Waals surface area contributed by atoms with Crippen LogP contribution >= 0.6 is 11.8 Å². The number of aliphatic hydroxyl groups is 1. The smallest absolute Gasteiger partial charge is 0.312 e.